The van der Waals surface area contributed by atoms with Crippen molar-refractivity contribution in [1.82, 2.24) is 5.32 Å². The molecular formula is C18H31NO2. The van der Waals surface area contributed by atoms with Crippen LogP contribution in [0.1, 0.15) is 53.5 Å². The van der Waals surface area contributed by atoms with Crippen LogP contribution in [-0.4, -0.2) is 25.8 Å². The molecule has 3 nitrogen and oxygen atoms in total. The lowest BCUT2D eigenvalue weighted by molar-refractivity contribution is 0.286. The predicted molar refractivity (Wildman–Crippen MR) is 89.6 cm³/mol. The first kappa shape index (κ1) is 17.8. The van der Waals surface area contributed by atoms with Gasteiger partial charge in [-0.25, -0.2) is 0 Å². The second kappa shape index (κ2) is 8.28. The van der Waals surface area contributed by atoms with Gasteiger partial charge < -0.3 is 14.8 Å². The van der Waals surface area contributed by atoms with Crippen LogP contribution in [0.5, 0.6) is 11.5 Å². The summed E-state index contributed by atoms with van der Waals surface area (Å²) in [4.78, 5) is 0. The average molecular weight is 293 g/mol. The number of ether oxygens (including phenoxy) is 2. The molecule has 0 bridgehead atoms. The van der Waals surface area contributed by atoms with Gasteiger partial charge in [-0.15, -0.1) is 0 Å². The van der Waals surface area contributed by atoms with Crippen molar-refractivity contribution in [1.29, 1.82) is 0 Å². The first-order chi connectivity index (χ1) is 9.90. The van der Waals surface area contributed by atoms with Crippen molar-refractivity contribution >= 4 is 0 Å². The zero-order valence-electron chi connectivity index (χ0n) is 14.5. The maximum atomic E-state index is 5.73. The first-order valence-corrected chi connectivity index (χ1v) is 8.04. The van der Waals surface area contributed by atoms with Gasteiger partial charge in [0.05, 0.1) is 13.2 Å². The molecule has 0 atom stereocenters. The maximum absolute atomic E-state index is 5.73. The largest absolute Gasteiger partial charge is 0.490 e. The Balaban J connectivity index is 2.87. The number of rotatable bonds is 9. The summed E-state index contributed by atoms with van der Waals surface area (Å²) in [5.41, 5.74) is 1.40. The Morgan fingerprint density at radius 3 is 2.24 bits per heavy atom. The number of nitrogens with one attached hydrogen (secondary N) is 1. The molecule has 1 rings (SSSR count). The monoisotopic (exact) mass is 293 g/mol. The van der Waals surface area contributed by atoms with Gasteiger partial charge in [0.1, 0.15) is 0 Å². The van der Waals surface area contributed by atoms with Crippen LogP contribution in [-0.2, 0) is 5.41 Å². The molecule has 0 fully saturated rings. The van der Waals surface area contributed by atoms with E-state index in [4.69, 9.17) is 9.47 Å². The molecule has 0 spiro atoms. The summed E-state index contributed by atoms with van der Waals surface area (Å²) in [6.45, 7) is 15.2. The molecule has 0 saturated carbocycles. The molecule has 120 valence electrons. The van der Waals surface area contributed by atoms with Crippen LogP contribution in [0.3, 0.4) is 0 Å². The van der Waals surface area contributed by atoms with Crippen LogP contribution >= 0.6 is 0 Å². The van der Waals surface area contributed by atoms with Gasteiger partial charge in [0.15, 0.2) is 11.5 Å². The van der Waals surface area contributed by atoms with E-state index < -0.39 is 0 Å². The second-order valence-electron chi connectivity index (χ2n) is 6.27. The minimum Gasteiger partial charge on any atom is -0.490 e. The van der Waals surface area contributed by atoms with Crippen molar-refractivity contribution in [3.63, 3.8) is 0 Å². The smallest absolute Gasteiger partial charge is 0.161 e. The molecule has 0 aliphatic heterocycles. The van der Waals surface area contributed by atoms with Gasteiger partial charge >= 0.3 is 0 Å². The van der Waals surface area contributed by atoms with Gasteiger partial charge in [0.25, 0.3) is 0 Å². The molecule has 0 unspecified atom stereocenters. The van der Waals surface area contributed by atoms with E-state index in [-0.39, 0.29) is 5.41 Å². The molecule has 0 aliphatic rings. The lowest BCUT2D eigenvalue weighted by Crippen LogP contribution is -2.29. The van der Waals surface area contributed by atoms with Gasteiger partial charge in [-0.3, -0.25) is 0 Å². The standard InChI is InChI=1S/C18H31NO2/c1-7-20-16-10-9-15(13-17(16)21-8-2)18(5,6)11-12-19-14(3)4/h9-10,13-14,19H,7-8,11-12H2,1-6H3. The molecule has 0 aromatic heterocycles. The minimum absolute atomic E-state index is 0.110. The highest BCUT2D eigenvalue weighted by molar-refractivity contribution is 5.45. The molecular weight excluding hydrogens is 262 g/mol. The summed E-state index contributed by atoms with van der Waals surface area (Å²) in [7, 11) is 0. The molecule has 3 heteroatoms. The highest BCUT2D eigenvalue weighted by Gasteiger charge is 2.22. The van der Waals surface area contributed by atoms with Crippen molar-refractivity contribution in [2.75, 3.05) is 19.8 Å². The van der Waals surface area contributed by atoms with Crippen molar-refractivity contribution in [2.24, 2.45) is 0 Å². The second-order valence-corrected chi connectivity index (χ2v) is 6.27. The average Bonchev–Trinajstić information content (AvgIpc) is 2.40. The van der Waals surface area contributed by atoms with E-state index in [2.05, 4.69) is 45.1 Å². The topological polar surface area (TPSA) is 30.5 Å². The number of hydrogen-bond donors (Lipinski definition) is 1. The Kier molecular flexibility index (Phi) is 7.03. The van der Waals surface area contributed by atoms with Gasteiger partial charge in [-0.05, 0) is 49.9 Å². The van der Waals surface area contributed by atoms with Gasteiger partial charge in [-0.1, -0.05) is 33.8 Å². The Morgan fingerprint density at radius 2 is 1.67 bits per heavy atom. The first-order valence-electron chi connectivity index (χ1n) is 8.04. The zero-order chi connectivity index (χ0) is 15.9. The van der Waals surface area contributed by atoms with Gasteiger partial charge in [-0.2, -0.15) is 0 Å². The molecule has 1 aromatic rings. The Bertz CT molecular complexity index is 427. The van der Waals surface area contributed by atoms with E-state index in [1.807, 2.05) is 19.9 Å². The van der Waals surface area contributed by atoms with Crippen LogP contribution in [0, 0.1) is 0 Å². The lowest BCUT2D eigenvalue weighted by atomic mass is 9.81. The third kappa shape index (κ3) is 5.58. The molecule has 0 aliphatic carbocycles. The molecule has 1 N–H and O–H groups in total. The zero-order valence-corrected chi connectivity index (χ0v) is 14.5. The van der Waals surface area contributed by atoms with Crippen LogP contribution in [0.2, 0.25) is 0 Å². The van der Waals surface area contributed by atoms with E-state index >= 15 is 0 Å². The molecule has 0 saturated heterocycles. The van der Waals surface area contributed by atoms with Crippen LogP contribution < -0.4 is 14.8 Å². The molecule has 0 radical (unpaired) electrons. The predicted octanol–water partition coefficient (Wildman–Crippen LogP) is 4.15. The van der Waals surface area contributed by atoms with E-state index in [0.717, 1.165) is 24.5 Å². The summed E-state index contributed by atoms with van der Waals surface area (Å²) in [5, 5.41) is 3.49. The van der Waals surface area contributed by atoms with Crippen molar-refractivity contribution in [2.45, 2.75) is 59.4 Å². The molecule has 0 amide bonds. The summed E-state index contributed by atoms with van der Waals surface area (Å²) in [5.74, 6) is 1.68. The fourth-order valence-corrected chi connectivity index (χ4v) is 2.29. The minimum atomic E-state index is 0.110. The number of hydrogen-bond acceptors (Lipinski definition) is 3. The SMILES string of the molecule is CCOc1ccc(C(C)(C)CCNC(C)C)cc1OCC. The van der Waals surface area contributed by atoms with Crippen LogP contribution in [0.15, 0.2) is 18.2 Å². The quantitative estimate of drug-likeness (QED) is 0.742. The van der Waals surface area contributed by atoms with E-state index in [9.17, 15) is 0 Å². The highest BCUT2D eigenvalue weighted by atomic mass is 16.5. The highest BCUT2D eigenvalue weighted by Crippen LogP contribution is 2.35. The van der Waals surface area contributed by atoms with Crippen LogP contribution in [0.25, 0.3) is 0 Å². The normalized spacial score (nSPS) is 11.8. The van der Waals surface area contributed by atoms with Crippen molar-refractivity contribution in [3.8, 4) is 11.5 Å². The third-order valence-electron chi connectivity index (χ3n) is 3.63. The van der Waals surface area contributed by atoms with E-state index in [1.54, 1.807) is 0 Å². The summed E-state index contributed by atoms with van der Waals surface area (Å²) >= 11 is 0. The number of benzene rings is 1. The Hall–Kier alpha value is -1.22. The fraction of sp³-hybridized carbons (Fsp3) is 0.667. The molecule has 0 heterocycles. The third-order valence-corrected chi connectivity index (χ3v) is 3.63. The van der Waals surface area contributed by atoms with E-state index in [0.29, 0.717) is 19.3 Å². The Labute approximate surface area is 130 Å². The summed E-state index contributed by atoms with van der Waals surface area (Å²) < 4.78 is 11.4. The Morgan fingerprint density at radius 1 is 1.05 bits per heavy atom. The van der Waals surface area contributed by atoms with Gasteiger partial charge in [0, 0.05) is 6.04 Å². The van der Waals surface area contributed by atoms with E-state index in [1.165, 1.54) is 5.56 Å². The molecule has 1 aromatic carbocycles. The van der Waals surface area contributed by atoms with Crippen molar-refractivity contribution < 1.29 is 9.47 Å². The van der Waals surface area contributed by atoms with Gasteiger partial charge in [0.2, 0.25) is 0 Å². The van der Waals surface area contributed by atoms with Crippen LogP contribution in [0.4, 0.5) is 0 Å². The maximum Gasteiger partial charge on any atom is 0.161 e. The molecule has 21 heavy (non-hydrogen) atoms. The summed E-state index contributed by atoms with van der Waals surface area (Å²) in [6.07, 6.45) is 1.09. The summed E-state index contributed by atoms with van der Waals surface area (Å²) in [6, 6.07) is 6.84. The fourth-order valence-electron chi connectivity index (χ4n) is 2.29. The van der Waals surface area contributed by atoms with Crippen molar-refractivity contribution in [3.05, 3.63) is 23.8 Å². The lowest BCUT2D eigenvalue weighted by Gasteiger charge is -2.27.